The number of aromatic nitrogens is 4. The highest BCUT2D eigenvalue weighted by atomic mass is 16.5. The summed E-state index contributed by atoms with van der Waals surface area (Å²) in [5, 5.41) is 12.0. The molecule has 170 valence electrons. The first-order valence-corrected chi connectivity index (χ1v) is 11.2. The molecule has 0 spiro atoms. The van der Waals surface area contributed by atoms with E-state index in [1.165, 1.54) is 0 Å². The number of carbonyl (C=O) groups is 2. The number of rotatable bonds is 6. The van der Waals surface area contributed by atoms with E-state index >= 15 is 0 Å². The van der Waals surface area contributed by atoms with Crippen molar-refractivity contribution in [2.75, 3.05) is 26.3 Å². The summed E-state index contributed by atoms with van der Waals surface area (Å²) < 4.78 is 7.42. The van der Waals surface area contributed by atoms with Crippen molar-refractivity contribution in [3.8, 4) is 0 Å². The molecule has 9 heteroatoms. The fourth-order valence-corrected chi connectivity index (χ4v) is 4.07. The minimum absolute atomic E-state index is 0.00337. The van der Waals surface area contributed by atoms with Gasteiger partial charge in [0.15, 0.2) is 5.82 Å². The van der Waals surface area contributed by atoms with E-state index in [0.29, 0.717) is 39.3 Å². The first-order chi connectivity index (χ1) is 15.5. The van der Waals surface area contributed by atoms with Crippen molar-refractivity contribution >= 4 is 17.9 Å². The SMILES string of the molecule is CC(C)[C@H](NC(=O)[C@@H]1CCOC1)c1nnc2n1CCN(C(=O)/C=C/c1ccccn1)CC2. The lowest BCUT2D eigenvalue weighted by molar-refractivity contribution is -0.126. The smallest absolute Gasteiger partial charge is 0.246 e. The topological polar surface area (TPSA) is 102 Å². The molecule has 2 aliphatic rings. The third-order valence-corrected chi connectivity index (χ3v) is 5.99. The second-order valence-corrected chi connectivity index (χ2v) is 8.58. The lowest BCUT2D eigenvalue weighted by Crippen LogP contribution is -2.38. The minimum atomic E-state index is -0.240. The molecule has 0 aliphatic carbocycles. The zero-order chi connectivity index (χ0) is 22.5. The molecule has 1 N–H and O–H groups in total. The fraction of sp³-hybridized carbons (Fsp3) is 0.522. The molecule has 9 nitrogen and oxygen atoms in total. The van der Waals surface area contributed by atoms with E-state index in [1.54, 1.807) is 18.3 Å². The van der Waals surface area contributed by atoms with Gasteiger partial charge in [0.25, 0.3) is 0 Å². The first-order valence-electron chi connectivity index (χ1n) is 11.2. The molecule has 0 unspecified atom stereocenters. The van der Waals surface area contributed by atoms with Crippen molar-refractivity contribution in [3.63, 3.8) is 0 Å². The van der Waals surface area contributed by atoms with Gasteiger partial charge in [-0.3, -0.25) is 14.6 Å². The Morgan fingerprint density at radius 2 is 2.09 bits per heavy atom. The first kappa shape index (κ1) is 22.1. The fourth-order valence-electron chi connectivity index (χ4n) is 4.07. The Morgan fingerprint density at radius 1 is 1.22 bits per heavy atom. The summed E-state index contributed by atoms with van der Waals surface area (Å²) in [6.07, 6.45) is 6.36. The van der Waals surface area contributed by atoms with Gasteiger partial charge >= 0.3 is 0 Å². The third-order valence-electron chi connectivity index (χ3n) is 5.99. The Bertz CT molecular complexity index is 965. The largest absolute Gasteiger partial charge is 0.381 e. The second kappa shape index (κ2) is 10.0. The lowest BCUT2D eigenvalue weighted by atomic mass is 10.0. The zero-order valence-electron chi connectivity index (χ0n) is 18.6. The van der Waals surface area contributed by atoms with Crippen molar-refractivity contribution in [1.29, 1.82) is 0 Å². The van der Waals surface area contributed by atoms with Gasteiger partial charge in [0.05, 0.1) is 24.3 Å². The number of amides is 2. The van der Waals surface area contributed by atoms with E-state index in [9.17, 15) is 9.59 Å². The highest BCUT2D eigenvalue weighted by Crippen LogP contribution is 2.24. The van der Waals surface area contributed by atoms with Crippen molar-refractivity contribution in [2.45, 2.75) is 39.3 Å². The summed E-state index contributed by atoms with van der Waals surface area (Å²) in [6, 6.07) is 5.35. The molecule has 2 aliphatic heterocycles. The molecule has 4 rings (SSSR count). The number of nitrogens with zero attached hydrogens (tertiary/aromatic N) is 5. The van der Waals surface area contributed by atoms with Crippen LogP contribution in [0.15, 0.2) is 30.5 Å². The molecule has 2 aromatic heterocycles. The van der Waals surface area contributed by atoms with Gasteiger partial charge in [0.2, 0.25) is 11.8 Å². The maximum absolute atomic E-state index is 12.7. The Kier molecular flexibility index (Phi) is 6.94. The van der Waals surface area contributed by atoms with Crippen LogP contribution in [0.1, 0.15) is 43.7 Å². The van der Waals surface area contributed by atoms with Crippen molar-refractivity contribution < 1.29 is 14.3 Å². The highest BCUT2D eigenvalue weighted by molar-refractivity contribution is 5.91. The van der Waals surface area contributed by atoms with Gasteiger partial charge in [0.1, 0.15) is 5.82 Å². The average Bonchev–Trinajstić information content (AvgIpc) is 3.42. The summed E-state index contributed by atoms with van der Waals surface area (Å²) in [5.41, 5.74) is 0.748. The normalized spacial score (nSPS) is 19.7. The Labute approximate surface area is 187 Å². The molecule has 0 aromatic carbocycles. The summed E-state index contributed by atoms with van der Waals surface area (Å²) >= 11 is 0. The van der Waals surface area contributed by atoms with Crippen LogP contribution < -0.4 is 5.32 Å². The van der Waals surface area contributed by atoms with Crippen molar-refractivity contribution in [3.05, 3.63) is 47.8 Å². The van der Waals surface area contributed by atoms with Crippen LogP contribution in [0.5, 0.6) is 0 Å². The molecule has 2 aromatic rings. The molecule has 32 heavy (non-hydrogen) atoms. The predicted octanol–water partition coefficient (Wildman–Crippen LogP) is 1.62. The van der Waals surface area contributed by atoms with Crippen LogP contribution in [-0.2, 0) is 27.3 Å². The number of hydrogen-bond donors (Lipinski definition) is 1. The van der Waals surface area contributed by atoms with Crippen LogP contribution in [0, 0.1) is 11.8 Å². The molecule has 2 atom stereocenters. The number of pyridine rings is 1. The Morgan fingerprint density at radius 3 is 2.81 bits per heavy atom. The molecule has 1 saturated heterocycles. The molecule has 0 bridgehead atoms. The van der Waals surface area contributed by atoms with Gasteiger partial charge in [-0.05, 0) is 30.5 Å². The van der Waals surface area contributed by atoms with Gasteiger partial charge < -0.3 is 19.5 Å². The van der Waals surface area contributed by atoms with E-state index in [1.807, 2.05) is 23.1 Å². The van der Waals surface area contributed by atoms with E-state index < -0.39 is 0 Å². The number of carbonyl (C=O) groups excluding carboxylic acids is 2. The molecule has 0 saturated carbocycles. The minimum Gasteiger partial charge on any atom is -0.381 e. The molecule has 4 heterocycles. The summed E-state index contributed by atoms with van der Waals surface area (Å²) in [5.74, 6) is 1.59. The monoisotopic (exact) mass is 438 g/mol. The number of hydrogen-bond acceptors (Lipinski definition) is 6. The van der Waals surface area contributed by atoms with E-state index in [0.717, 1.165) is 23.8 Å². The van der Waals surface area contributed by atoms with E-state index in [4.69, 9.17) is 4.74 Å². The molecule has 0 radical (unpaired) electrons. The second-order valence-electron chi connectivity index (χ2n) is 8.58. The van der Waals surface area contributed by atoms with Gasteiger partial charge in [-0.2, -0.15) is 0 Å². The van der Waals surface area contributed by atoms with Gasteiger partial charge in [0, 0.05) is 44.9 Å². The van der Waals surface area contributed by atoms with Crippen LogP contribution in [0.2, 0.25) is 0 Å². The van der Waals surface area contributed by atoms with E-state index in [2.05, 4.69) is 38.9 Å². The van der Waals surface area contributed by atoms with Gasteiger partial charge in [-0.15, -0.1) is 10.2 Å². The lowest BCUT2D eigenvalue weighted by Gasteiger charge is -2.24. The summed E-state index contributed by atoms with van der Waals surface area (Å²) in [7, 11) is 0. The summed E-state index contributed by atoms with van der Waals surface area (Å²) in [4.78, 5) is 31.5. The van der Waals surface area contributed by atoms with Crippen LogP contribution in [0.4, 0.5) is 0 Å². The Balaban J connectivity index is 1.44. The number of nitrogens with one attached hydrogen (secondary N) is 1. The standard InChI is InChI=1S/C23H30N6O3/c1-16(2)21(25-23(31)17-9-14-32-15-17)22-27-26-19-8-11-28(12-13-29(19)22)20(30)7-6-18-5-3-4-10-24-18/h3-7,10,16-17,21H,8-9,11-15H2,1-2H3,(H,25,31)/b7-6+/t17-,21+/m1/s1. The molecular weight excluding hydrogens is 408 g/mol. The molecular formula is C23H30N6O3. The number of fused-ring (bicyclic) bond motifs is 1. The van der Waals surface area contributed by atoms with Crippen LogP contribution in [0.3, 0.4) is 0 Å². The summed E-state index contributed by atoms with van der Waals surface area (Å²) in [6.45, 7) is 6.94. The van der Waals surface area contributed by atoms with Gasteiger partial charge in [-0.1, -0.05) is 19.9 Å². The quantitative estimate of drug-likeness (QED) is 0.688. The highest BCUT2D eigenvalue weighted by Gasteiger charge is 2.31. The Hall–Kier alpha value is -3.07. The maximum atomic E-state index is 12.7. The average molecular weight is 439 g/mol. The zero-order valence-corrected chi connectivity index (χ0v) is 18.6. The van der Waals surface area contributed by atoms with Crippen LogP contribution in [0.25, 0.3) is 6.08 Å². The molecule has 2 amide bonds. The van der Waals surface area contributed by atoms with Crippen molar-refractivity contribution in [2.24, 2.45) is 11.8 Å². The molecule has 1 fully saturated rings. The van der Waals surface area contributed by atoms with Crippen LogP contribution >= 0.6 is 0 Å². The number of ether oxygens (including phenoxy) is 1. The predicted molar refractivity (Wildman–Crippen MR) is 118 cm³/mol. The van der Waals surface area contributed by atoms with Crippen LogP contribution in [-0.4, -0.2) is 62.8 Å². The van der Waals surface area contributed by atoms with Crippen molar-refractivity contribution in [1.82, 2.24) is 30.0 Å². The maximum Gasteiger partial charge on any atom is 0.246 e. The third kappa shape index (κ3) is 5.04. The van der Waals surface area contributed by atoms with Gasteiger partial charge in [-0.25, -0.2) is 0 Å². The van der Waals surface area contributed by atoms with E-state index in [-0.39, 0.29) is 29.7 Å².